The Morgan fingerprint density at radius 3 is 1.10 bits per heavy atom. The second-order valence-electron chi connectivity index (χ2n) is 3.70. The van der Waals surface area contributed by atoms with Crippen LogP contribution in [0.4, 0.5) is 0 Å². The number of hydrogen-bond acceptors (Lipinski definition) is 0. The average molecular weight is 140 g/mol. The largest absolute Gasteiger partial charge is 0.0651 e. The van der Waals surface area contributed by atoms with Crippen LogP contribution in [-0.4, -0.2) is 0 Å². The predicted octanol–water partition coefficient (Wildman–Crippen LogP) is 3.61. The highest BCUT2D eigenvalue weighted by Gasteiger charge is 2.17. The van der Waals surface area contributed by atoms with Gasteiger partial charge in [-0.05, 0) is 11.8 Å². The van der Waals surface area contributed by atoms with Gasteiger partial charge in [0, 0.05) is 0 Å². The molecule has 0 aliphatic heterocycles. The van der Waals surface area contributed by atoms with Crippen molar-refractivity contribution in [3.8, 4) is 0 Å². The van der Waals surface area contributed by atoms with Crippen molar-refractivity contribution in [3.63, 3.8) is 0 Å². The molecule has 0 atom stereocenters. The molecule has 2 saturated carbocycles. The van der Waals surface area contributed by atoms with Crippen molar-refractivity contribution in [1.82, 2.24) is 0 Å². The highest BCUT2D eigenvalue weighted by molar-refractivity contribution is 4.70. The van der Waals surface area contributed by atoms with E-state index in [-0.39, 0.29) is 0 Å². The Morgan fingerprint density at radius 1 is 0.800 bits per heavy atom. The number of rotatable bonds is 2. The van der Waals surface area contributed by atoms with Gasteiger partial charge in [-0.3, -0.25) is 0 Å². The SMILES string of the molecule is CCC1CC1.CCC1CC1. The lowest BCUT2D eigenvalue weighted by Crippen LogP contribution is -1.59. The molecular weight excluding hydrogens is 120 g/mol. The van der Waals surface area contributed by atoms with Crippen LogP contribution < -0.4 is 0 Å². The van der Waals surface area contributed by atoms with E-state index in [0.717, 1.165) is 11.8 Å². The van der Waals surface area contributed by atoms with Crippen molar-refractivity contribution in [2.24, 2.45) is 11.8 Å². The van der Waals surface area contributed by atoms with Crippen LogP contribution in [0.15, 0.2) is 0 Å². The van der Waals surface area contributed by atoms with E-state index in [2.05, 4.69) is 13.8 Å². The van der Waals surface area contributed by atoms with Crippen molar-refractivity contribution in [3.05, 3.63) is 0 Å². The van der Waals surface area contributed by atoms with Crippen LogP contribution in [-0.2, 0) is 0 Å². The maximum Gasteiger partial charge on any atom is -0.0417 e. The summed E-state index contributed by atoms with van der Waals surface area (Å²) in [5.74, 6) is 2.27. The standard InChI is InChI=1S/2C5H10/c2*1-2-5-3-4-5/h2*5H,2-4H2,1H3. The molecule has 0 spiro atoms. The summed E-state index contributed by atoms with van der Waals surface area (Å²) in [7, 11) is 0. The maximum atomic E-state index is 2.26. The Morgan fingerprint density at radius 2 is 1.10 bits per heavy atom. The van der Waals surface area contributed by atoms with E-state index in [9.17, 15) is 0 Å². The van der Waals surface area contributed by atoms with Crippen LogP contribution in [0, 0.1) is 11.8 Å². The summed E-state index contributed by atoms with van der Waals surface area (Å²) in [5.41, 5.74) is 0. The Bertz CT molecular complexity index is 66.0. The minimum absolute atomic E-state index is 1.13. The van der Waals surface area contributed by atoms with Gasteiger partial charge in [0.1, 0.15) is 0 Å². The van der Waals surface area contributed by atoms with Gasteiger partial charge in [0.2, 0.25) is 0 Å². The molecule has 0 aromatic carbocycles. The first-order chi connectivity index (χ1) is 4.86. The Labute approximate surface area is 65.0 Å². The predicted molar refractivity (Wildman–Crippen MR) is 46.0 cm³/mol. The third-order valence-electron chi connectivity index (χ3n) is 2.55. The van der Waals surface area contributed by atoms with Crippen molar-refractivity contribution in [2.45, 2.75) is 52.4 Å². The van der Waals surface area contributed by atoms with Gasteiger partial charge < -0.3 is 0 Å². The Kier molecular flexibility index (Phi) is 3.24. The molecule has 0 aromatic rings. The quantitative estimate of drug-likeness (QED) is 0.549. The van der Waals surface area contributed by atoms with Crippen molar-refractivity contribution < 1.29 is 0 Å². The summed E-state index contributed by atoms with van der Waals surface area (Å²) in [4.78, 5) is 0. The average Bonchev–Trinajstić information content (AvgIpc) is 2.86. The molecule has 10 heavy (non-hydrogen) atoms. The molecule has 2 aliphatic rings. The zero-order valence-electron chi connectivity index (χ0n) is 7.40. The van der Waals surface area contributed by atoms with Crippen LogP contribution in [0.25, 0.3) is 0 Å². The molecule has 2 aliphatic carbocycles. The van der Waals surface area contributed by atoms with Crippen LogP contribution in [0.2, 0.25) is 0 Å². The molecule has 0 N–H and O–H groups in total. The first-order valence-corrected chi connectivity index (χ1v) is 4.86. The molecule has 0 aromatic heterocycles. The molecule has 0 radical (unpaired) electrons. The van der Waals surface area contributed by atoms with Gasteiger partial charge >= 0.3 is 0 Å². The third-order valence-corrected chi connectivity index (χ3v) is 2.55. The topological polar surface area (TPSA) is 0 Å². The lowest BCUT2D eigenvalue weighted by molar-refractivity contribution is 0.799. The van der Waals surface area contributed by atoms with E-state index < -0.39 is 0 Å². The van der Waals surface area contributed by atoms with Gasteiger partial charge in [0.25, 0.3) is 0 Å². The van der Waals surface area contributed by atoms with Crippen LogP contribution in [0.1, 0.15) is 52.4 Å². The molecule has 0 unspecified atom stereocenters. The van der Waals surface area contributed by atoms with E-state index >= 15 is 0 Å². The fraction of sp³-hybridized carbons (Fsp3) is 1.00. The summed E-state index contributed by atoms with van der Waals surface area (Å²) in [6.07, 6.45) is 8.88. The van der Waals surface area contributed by atoms with Gasteiger partial charge in [-0.2, -0.15) is 0 Å². The highest BCUT2D eigenvalue weighted by Crippen LogP contribution is 2.31. The zero-order valence-corrected chi connectivity index (χ0v) is 7.40. The fourth-order valence-electron chi connectivity index (χ4n) is 1.05. The van der Waals surface area contributed by atoms with E-state index in [0.29, 0.717) is 0 Å². The summed E-state index contributed by atoms with van der Waals surface area (Å²) < 4.78 is 0. The van der Waals surface area contributed by atoms with E-state index in [1.54, 1.807) is 0 Å². The molecule has 2 fully saturated rings. The second-order valence-corrected chi connectivity index (χ2v) is 3.70. The summed E-state index contributed by atoms with van der Waals surface area (Å²) >= 11 is 0. The summed E-state index contributed by atoms with van der Waals surface area (Å²) in [6, 6.07) is 0. The first kappa shape index (κ1) is 8.10. The van der Waals surface area contributed by atoms with E-state index in [4.69, 9.17) is 0 Å². The summed E-state index contributed by atoms with van der Waals surface area (Å²) in [6.45, 7) is 4.52. The van der Waals surface area contributed by atoms with Crippen LogP contribution in [0.3, 0.4) is 0 Å². The van der Waals surface area contributed by atoms with Gasteiger partial charge in [0.05, 0.1) is 0 Å². The zero-order chi connectivity index (χ0) is 7.40. The normalized spacial score (nSPS) is 23.4. The molecule has 0 heteroatoms. The maximum absolute atomic E-state index is 2.26. The molecule has 0 heterocycles. The molecule has 2 rings (SSSR count). The molecule has 0 amide bonds. The molecule has 0 saturated heterocycles. The third kappa shape index (κ3) is 3.92. The minimum Gasteiger partial charge on any atom is -0.0651 e. The van der Waals surface area contributed by atoms with Gasteiger partial charge in [-0.1, -0.05) is 52.4 Å². The van der Waals surface area contributed by atoms with Gasteiger partial charge in [-0.15, -0.1) is 0 Å². The number of hydrogen-bond donors (Lipinski definition) is 0. The molecule has 0 bridgehead atoms. The van der Waals surface area contributed by atoms with Gasteiger partial charge in [-0.25, -0.2) is 0 Å². The monoisotopic (exact) mass is 140 g/mol. The summed E-state index contributed by atoms with van der Waals surface area (Å²) in [5, 5.41) is 0. The van der Waals surface area contributed by atoms with Crippen molar-refractivity contribution in [2.75, 3.05) is 0 Å². The van der Waals surface area contributed by atoms with Crippen molar-refractivity contribution in [1.29, 1.82) is 0 Å². The first-order valence-electron chi connectivity index (χ1n) is 4.86. The molecule has 60 valence electrons. The lowest BCUT2D eigenvalue weighted by Gasteiger charge is -1.72. The fourth-order valence-corrected chi connectivity index (χ4v) is 1.05. The molecular formula is C10H20. The highest BCUT2D eigenvalue weighted by atomic mass is 14.2. The van der Waals surface area contributed by atoms with Crippen LogP contribution >= 0.6 is 0 Å². The Hall–Kier alpha value is 0. The Balaban J connectivity index is 0.0000001000. The van der Waals surface area contributed by atoms with E-state index in [1.807, 2.05) is 0 Å². The minimum atomic E-state index is 1.13. The van der Waals surface area contributed by atoms with E-state index in [1.165, 1.54) is 38.5 Å². The van der Waals surface area contributed by atoms with Crippen LogP contribution in [0.5, 0.6) is 0 Å². The molecule has 0 nitrogen and oxygen atoms in total. The van der Waals surface area contributed by atoms with Gasteiger partial charge in [0.15, 0.2) is 0 Å². The second kappa shape index (κ2) is 4.00. The smallest absolute Gasteiger partial charge is 0.0417 e. The lowest BCUT2D eigenvalue weighted by atomic mass is 10.3. The van der Waals surface area contributed by atoms with Crippen molar-refractivity contribution >= 4 is 0 Å².